The SMILES string of the molecule is c1cc(-c2cc3c4c(c2)Oc2ccccc2N4c2ccccc2O3)cc(N(c2ccc3c(c2)C2(CCCC2)c2ccccc2-3)c2cccc3sc4ccccc4c23)c1. The number of benzene rings is 8. The van der Waals surface area contributed by atoms with Crippen molar-refractivity contribution in [2.45, 2.75) is 31.1 Å². The van der Waals surface area contributed by atoms with Crippen molar-refractivity contribution in [2.75, 3.05) is 9.80 Å². The number of ether oxygens (including phenoxy) is 2. The summed E-state index contributed by atoms with van der Waals surface area (Å²) in [6.07, 6.45) is 4.90. The van der Waals surface area contributed by atoms with Crippen LogP contribution in [0.3, 0.4) is 0 Å². The summed E-state index contributed by atoms with van der Waals surface area (Å²) in [5, 5.41) is 2.57. The van der Waals surface area contributed by atoms with Crippen molar-refractivity contribution in [3.8, 4) is 45.3 Å². The van der Waals surface area contributed by atoms with Crippen LogP contribution in [-0.4, -0.2) is 0 Å². The molecule has 1 fully saturated rings. The molecule has 0 saturated heterocycles. The van der Waals surface area contributed by atoms with E-state index in [1.54, 1.807) is 0 Å². The van der Waals surface area contributed by atoms with Gasteiger partial charge in [0.25, 0.3) is 0 Å². The molecule has 1 aromatic heterocycles. The minimum atomic E-state index is 0.0617. The molecule has 4 nitrogen and oxygen atoms in total. The lowest BCUT2D eigenvalue weighted by atomic mass is 9.76. The first kappa shape index (κ1) is 32.3. The van der Waals surface area contributed by atoms with Gasteiger partial charge in [-0.25, -0.2) is 0 Å². The molecule has 5 heteroatoms. The minimum Gasteiger partial charge on any atom is -0.453 e. The monoisotopic (exact) mass is 764 g/mol. The maximum atomic E-state index is 6.68. The maximum absolute atomic E-state index is 6.68. The van der Waals surface area contributed by atoms with Gasteiger partial charge < -0.3 is 14.4 Å². The predicted octanol–water partition coefficient (Wildman–Crippen LogP) is 15.7. The van der Waals surface area contributed by atoms with Crippen molar-refractivity contribution in [3.05, 3.63) is 181 Å². The van der Waals surface area contributed by atoms with Crippen LogP contribution in [0.25, 0.3) is 42.4 Å². The van der Waals surface area contributed by atoms with E-state index in [-0.39, 0.29) is 5.41 Å². The lowest BCUT2D eigenvalue weighted by Crippen LogP contribution is -2.21. The van der Waals surface area contributed by atoms with Gasteiger partial charge in [0, 0.05) is 37.0 Å². The molecule has 2 aliphatic carbocycles. The number of rotatable bonds is 4. The molecular weight excluding hydrogens is 729 g/mol. The molecule has 2 aliphatic heterocycles. The molecular formula is C53H36N2O2S. The standard InChI is InChI=1S/C53H36N2O2S/c1-3-17-40-37(15-1)38-26-25-36(32-41(38)53(40)27-9-10-28-53)54(44-20-12-24-50-51(44)39-16-2-8-23-49(39)58-50)35-14-11-13-33(29-35)34-30-47-52-48(31-34)57-46-22-7-5-19-43(46)55(52)42-18-4-6-21-45(42)56-47/h1-8,11-26,29-32H,9-10,27-28H2. The van der Waals surface area contributed by atoms with Crippen LogP contribution in [0.2, 0.25) is 0 Å². The van der Waals surface area contributed by atoms with E-state index in [0.29, 0.717) is 0 Å². The molecule has 3 heterocycles. The Balaban J connectivity index is 1.01. The summed E-state index contributed by atoms with van der Waals surface area (Å²) < 4.78 is 15.9. The number of thiophene rings is 1. The van der Waals surface area contributed by atoms with Gasteiger partial charge in [-0.3, -0.25) is 4.90 Å². The van der Waals surface area contributed by atoms with Crippen LogP contribution in [0.1, 0.15) is 36.8 Å². The van der Waals surface area contributed by atoms with Crippen LogP contribution in [0, 0.1) is 0 Å². The van der Waals surface area contributed by atoms with E-state index in [9.17, 15) is 0 Å². The second kappa shape index (κ2) is 12.1. The highest BCUT2D eigenvalue weighted by Gasteiger charge is 2.45. The summed E-state index contributed by atoms with van der Waals surface area (Å²) in [6, 6.07) is 61.8. The van der Waals surface area contributed by atoms with Gasteiger partial charge in [-0.2, -0.15) is 0 Å². The van der Waals surface area contributed by atoms with E-state index < -0.39 is 0 Å². The van der Waals surface area contributed by atoms with Crippen molar-refractivity contribution in [1.29, 1.82) is 0 Å². The van der Waals surface area contributed by atoms with Gasteiger partial charge in [0.1, 0.15) is 5.69 Å². The zero-order chi connectivity index (χ0) is 38.0. The Hall–Kier alpha value is -6.82. The summed E-state index contributed by atoms with van der Waals surface area (Å²) in [4.78, 5) is 4.78. The molecule has 0 atom stereocenters. The Morgan fingerprint density at radius 3 is 1.97 bits per heavy atom. The van der Waals surface area contributed by atoms with Gasteiger partial charge >= 0.3 is 0 Å². The molecule has 1 saturated carbocycles. The van der Waals surface area contributed by atoms with Gasteiger partial charge in [-0.1, -0.05) is 104 Å². The summed E-state index contributed by atoms with van der Waals surface area (Å²) in [7, 11) is 0. The average Bonchev–Trinajstić information content (AvgIpc) is 3.99. The quantitative estimate of drug-likeness (QED) is 0.178. The molecule has 8 aromatic carbocycles. The predicted molar refractivity (Wildman–Crippen MR) is 239 cm³/mol. The smallest absolute Gasteiger partial charge is 0.156 e. The van der Waals surface area contributed by atoms with E-state index >= 15 is 0 Å². The van der Waals surface area contributed by atoms with E-state index in [1.807, 2.05) is 35.6 Å². The summed E-state index contributed by atoms with van der Waals surface area (Å²) in [5.41, 5.74) is 14.3. The third-order valence-electron chi connectivity index (χ3n) is 12.9. The average molecular weight is 765 g/mol. The van der Waals surface area contributed by atoms with Crippen LogP contribution < -0.4 is 19.3 Å². The highest BCUT2D eigenvalue weighted by molar-refractivity contribution is 7.26. The van der Waals surface area contributed by atoms with Crippen LogP contribution in [0.15, 0.2) is 170 Å². The van der Waals surface area contributed by atoms with Crippen LogP contribution >= 0.6 is 11.3 Å². The summed E-state index contributed by atoms with van der Waals surface area (Å²) in [5.74, 6) is 3.20. The number of anilines is 6. The first-order chi connectivity index (χ1) is 28.7. The van der Waals surface area contributed by atoms with E-state index in [0.717, 1.165) is 56.9 Å². The Morgan fingerprint density at radius 1 is 0.500 bits per heavy atom. The highest BCUT2D eigenvalue weighted by atomic mass is 32.1. The zero-order valence-corrected chi connectivity index (χ0v) is 32.4. The van der Waals surface area contributed by atoms with Crippen LogP contribution in [0.4, 0.5) is 34.1 Å². The van der Waals surface area contributed by atoms with Crippen molar-refractivity contribution in [2.24, 2.45) is 0 Å². The number of para-hydroxylation sites is 4. The number of hydrogen-bond acceptors (Lipinski definition) is 5. The van der Waals surface area contributed by atoms with E-state index in [4.69, 9.17) is 9.47 Å². The van der Waals surface area contributed by atoms with E-state index in [1.165, 1.54) is 79.5 Å². The third-order valence-corrected chi connectivity index (χ3v) is 14.1. The molecule has 58 heavy (non-hydrogen) atoms. The van der Waals surface area contributed by atoms with Crippen LogP contribution in [0.5, 0.6) is 23.0 Å². The summed E-state index contributed by atoms with van der Waals surface area (Å²) >= 11 is 1.87. The highest BCUT2D eigenvalue weighted by Crippen LogP contribution is 2.61. The molecule has 276 valence electrons. The van der Waals surface area contributed by atoms with Gasteiger partial charge in [0.15, 0.2) is 23.0 Å². The maximum Gasteiger partial charge on any atom is 0.156 e. The Bertz CT molecular complexity index is 3100. The second-order valence-electron chi connectivity index (χ2n) is 16.0. The first-order valence-electron chi connectivity index (χ1n) is 20.3. The molecule has 9 aromatic rings. The molecule has 4 aliphatic rings. The lowest BCUT2D eigenvalue weighted by molar-refractivity contribution is 0.446. The van der Waals surface area contributed by atoms with Gasteiger partial charge in [-0.05, 0) is 125 Å². The Morgan fingerprint density at radius 2 is 1.16 bits per heavy atom. The fraction of sp³-hybridized carbons (Fsp3) is 0.0943. The molecule has 0 radical (unpaired) electrons. The lowest BCUT2D eigenvalue weighted by Gasteiger charge is -2.38. The number of hydrogen-bond donors (Lipinski definition) is 0. The number of nitrogens with zero attached hydrogens (tertiary/aromatic N) is 2. The first-order valence-corrected chi connectivity index (χ1v) is 21.1. The molecule has 13 rings (SSSR count). The third kappa shape index (κ3) is 4.51. The minimum absolute atomic E-state index is 0.0617. The second-order valence-corrected chi connectivity index (χ2v) is 17.1. The van der Waals surface area contributed by atoms with Gasteiger partial charge in [0.2, 0.25) is 0 Å². The Labute approximate surface area is 340 Å². The number of fused-ring (bicyclic) bond motifs is 12. The fourth-order valence-corrected chi connectivity index (χ4v) is 11.6. The fourth-order valence-electron chi connectivity index (χ4n) is 10.5. The van der Waals surface area contributed by atoms with Gasteiger partial charge in [0.05, 0.1) is 17.1 Å². The van der Waals surface area contributed by atoms with Crippen molar-refractivity contribution >= 4 is 65.6 Å². The normalized spacial score (nSPS) is 15.0. The molecule has 0 bridgehead atoms. The van der Waals surface area contributed by atoms with Crippen molar-refractivity contribution in [1.82, 2.24) is 0 Å². The molecule has 0 N–H and O–H groups in total. The van der Waals surface area contributed by atoms with Gasteiger partial charge in [-0.15, -0.1) is 11.3 Å². The van der Waals surface area contributed by atoms with E-state index in [2.05, 4.69) is 155 Å². The summed E-state index contributed by atoms with van der Waals surface area (Å²) in [6.45, 7) is 0. The van der Waals surface area contributed by atoms with Crippen molar-refractivity contribution < 1.29 is 9.47 Å². The molecule has 1 spiro atoms. The topological polar surface area (TPSA) is 24.9 Å². The molecule has 0 unspecified atom stereocenters. The largest absolute Gasteiger partial charge is 0.453 e. The zero-order valence-electron chi connectivity index (χ0n) is 31.6. The molecule has 0 amide bonds. The van der Waals surface area contributed by atoms with Crippen molar-refractivity contribution in [3.63, 3.8) is 0 Å². The van der Waals surface area contributed by atoms with Crippen LogP contribution in [-0.2, 0) is 5.41 Å². The Kier molecular flexibility index (Phi) is 6.73.